The second-order valence-electron chi connectivity index (χ2n) is 4.67. The van der Waals surface area contributed by atoms with Crippen LogP contribution in [0.2, 0.25) is 15.1 Å². The van der Waals surface area contributed by atoms with Crippen molar-refractivity contribution >= 4 is 34.8 Å². The third kappa shape index (κ3) is 2.67. The molecule has 21 heavy (non-hydrogen) atoms. The molecule has 2 aromatic carbocycles. The van der Waals surface area contributed by atoms with Gasteiger partial charge in [-0.05, 0) is 36.8 Å². The molecule has 0 aliphatic carbocycles. The third-order valence-corrected chi connectivity index (χ3v) is 4.08. The summed E-state index contributed by atoms with van der Waals surface area (Å²) in [7, 11) is 0. The van der Waals surface area contributed by atoms with Gasteiger partial charge in [-0.25, -0.2) is 4.68 Å². The van der Waals surface area contributed by atoms with Crippen molar-refractivity contribution in [2.24, 2.45) is 0 Å². The van der Waals surface area contributed by atoms with Gasteiger partial charge < -0.3 is 0 Å². The van der Waals surface area contributed by atoms with E-state index in [0.717, 1.165) is 16.8 Å². The van der Waals surface area contributed by atoms with E-state index >= 15 is 0 Å². The Balaban J connectivity index is 2.24. The third-order valence-electron chi connectivity index (χ3n) is 3.22. The summed E-state index contributed by atoms with van der Waals surface area (Å²) >= 11 is 18.5. The lowest BCUT2D eigenvalue weighted by Crippen LogP contribution is -2.01. The summed E-state index contributed by atoms with van der Waals surface area (Å²) in [4.78, 5) is 0. The number of aromatic nitrogens is 2. The molecule has 2 nitrogen and oxygen atoms in total. The van der Waals surface area contributed by atoms with Crippen LogP contribution in [-0.4, -0.2) is 9.78 Å². The first-order chi connectivity index (χ1) is 10.1. The average molecular weight is 338 g/mol. The fourth-order valence-electron chi connectivity index (χ4n) is 2.25. The van der Waals surface area contributed by atoms with Gasteiger partial charge in [-0.3, -0.25) is 0 Å². The highest BCUT2D eigenvalue weighted by atomic mass is 35.5. The van der Waals surface area contributed by atoms with Crippen LogP contribution in [0.15, 0.2) is 48.7 Å². The van der Waals surface area contributed by atoms with Gasteiger partial charge in [0.1, 0.15) is 5.69 Å². The molecule has 0 spiro atoms. The second kappa shape index (κ2) is 5.72. The van der Waals surface area contributed by atoms with Gasteiger partial charge in [0.15, 0.2) is 0 Å². The average Bonchev–Trinajstić information content (AvgIpc) is 2.82. The number of aryl methyl sites for hydroxylation is 1. The molecule has 0 saturated carbocycles. The largest absolute Gasteiger partial charge is 0.230 e. The predicted octanol–water partition coefficient (Wildman–Crippen LogP) is 5.81. The maximum atomic E-state index is 6.29. The van der Waals surface area contributed by atoms with E-state index in [1.54, 1.807) is 23.0 Å². The summed E-state index contributed by atoms with van der Waals surface area (Å²) in [5.41, 5.74) is 3.67. The van der Waals surface area contributed by atoms with E-state index < -0.39 is 0 Å². The molecule has 0 amide bonds. The lowest BCUT2D eigenvalue weighted by atomic mass is 10.1. The lowest BCUT2D eigenvalue weighted by Gasteiger charge is -2.12. The number of rotatable bonds is 2. The molecule has 0 unspecified atom stereocenters. The van der Waals surface area contributed by atoms with Crippen molar-refractivity contribution in [2.75, 3.05) is 0 Å². The van der Waals surface area contributed by atoms with Crippen LogP contribution in [-0.2, 0) is 0 Å². The summed E-state index contributed by atoms with van der Waals surface area (Å²) < 4.78 is 1.77. The Morgan fingerprint density at radius 3 is 2.14 bits per heavy atom. The summed E-state index contributed by atoms with van der Waals surface area (Å²) in [6, 6.07) is 13.0. The molecular formula is C16H11Cl3N2. The van der Waals surface area contributed by atoms with E-state index in [9.17, 15) is 0 Å². The van der Waals surface area contributed by atoms with Crippen LogP contribution in [0.25, 0.3) is 16.9 Å². The summed E-state index contributed by atoms with van der Waals surface area (Å²) in [5, 5.41) is 6.23. The van der Waals surface area contributed by atoms with Gasteiger partial charge in [-0.2, -0.15) is 5.10 Å². The summed E-state index contributed by atoms with van der Waals surface area (Å²) in [6.07, 6.45) is 1.80. The van der Waals surface area contributed by atoms with Gasteiger partial charge in [0, 0.05) is 10.6 Å². The zero-order chi connectivity index (χ0) is 15.0. The van der Waals surface area contributed by atoms with Gasteiger partial charge in [0.25, 0.3) is 0 Å². The van der Waals surface area contributed by atoms with Gasteiger partial charge >= 0.3 is 0 Å². The normalized spacial score (nSPS) is 10.9. The van der Waals surface area contributed by atoms with Crippen LogP contribution >= 0.6 is 34.8 Å². The maximum absolute atomic E-state index is 6.29. The lowest BCUT2D eigenvalue weighted by molar-refractivity contribution is 0.888. The van der Waals surface area contributed by atoms with E-state index in [4.69, 9.17) is 34.8 Å². The standard InChI is InChI=1S/C16H11Cl3N2/c1-10-9-20-21(16-13(18)3-2-4-14(16)19)15(10)11-5-7-12(17)8-6-11/h2-9H,1H3. The molecule has 1 heterocycles. The summed E-state index contributed by atoms with van der Waals surface area (Å²) in [6.45, 7) is 2.00. The quantitative estimate of drug-likeness (QED) is 0.577. The van der Waals surface area contributed by atoms with Crippen molar-refractivity contribution in [3.8, 4) is 16.9 Å². The Bertz CT molecular complexity index is 772. The Labute approximate surface area is 137 Å². The number of benzene rings is 2. The van der Waals surface area contributed by atoms with Crippen LogP contribution in [0.4, 0.5) is 0 Å². The monoisotopic (exact) mass is 336 g/mol. The van der Waals surface area contributed by atoms with Crippen molar-refractivity contribution in [3.63, 3.8) is 0 Å². The van der Waals surface area contributed by atoms with Crippen molar-refractivity contribution in [1.82, 2.24) is 9.78 Å². The minimum atomic E-state index is 0.556. The van der Waals surface area contributed by atoms with Crippen LogP contribution in [0.5, 0.6) is 0 Å². The molecule has 3 rings (SSSR count). The smallest absolute Gasteiger partial charge is 0.102 e. The molecule has 0 atom stereocenters. The zero-order valence-corrected chi connectivity index (χ0v) is 13.4. The molecule has 0 bridgehead atoms. The van der Waals surface area contributed by atoms with Gasteiger partial charge in [-0.15, -0.1) is 0 Å². The molecule has 0 aliphatic rings. The van der Waals surface area contributed by atoms with Crippen molar-refractivity contribution in [2.45, 2.75) is 6.92 Å². The van der Waals surface area contributed by atoms with Crippen molar-refractivity contribution < 1.29 is 0 Å². The molecule has 1 aromatic heterocycles. The summed E-state index contributed by atoms with van der Waals surface area (Å²) in [5.74, 6) is 0. The van der Waals surface area contributed by atoms with Gasteiger partial charge in [-0.1, -0.05) is 53.0 Å². The minimum Gasteiger partial charge on any atom is -0.230 e. The van der Waals surface area contributed by atoms with Gasteiger partial charge in [0.2, 0.25) is 0 Å². The SMILES string of the molecule is Cc1cnn(-c2c(Cl)cccc2Cl)c1-c1ccc(Cl)cc1. The molecule has 0 fully saturated rings. The molecule has 0 aliphatic heterocycles. The van der Waals surface area contributed by atoms with Gasteiger partial charge in [0.05, 0.1) is 21.9 Å². The highest BCUT2D eigenvalue weighted by molar-refractivity contribution is 6.37. The van der Waals surface area contributed by atoms with Crippen molar-refractivity contribution in [1.29, 1.82) is 0 Å². The highest BCUT2D eigenvalue weighted by Crippen LogP contribution is 2.33. The van der Waals surface area contributed by atoms with E-state index in [0.29, 0.717) is 20.8 Å². The molecule has 0 N–H and O–H groups in total. The number of hydrogen-bond donors (Lipinski definition) is 0. The van der Waals surface area contributed by atoms with Crippen LogP contribution in [0, 0.1) is 6.92 Å². The minimum absolute atomic E-state index is 0.556. The van der Waals surface area contributed by atoms with E-state index in [2.05, 4.69) is 5.10 Å². The first-order valence-corrected chi connectivity index (χ1v) is 7.46. The fourth-order valence-corrected chi connectivity index (χ4v) is 2.93. The zero-order valence-electron chi connectivity index (χ0n) is 11.1. The van der Waals surface area contributed by atoms with E-state index in [1.807, 2.05) is 37.3 Å². The van der Waals surface area contributed by atoms with Crippen LogP contribution < -0.4 is 0 Å². The first-order valence-electron chi connectivity index (χ1n) is 6.33. The Hall–Kier alpha value is -1.48. The molecule has 3 aromatic rings. The second-order valence-corrected chi connectivity index (χ2v) is 5.92. The molecular weight excluding hydrogens is 327 g/mol. The first kappa shape index (κ1) is 14.5. The number of nitrogens with zero attached hydrogens (tertiary/aromatic N) is 2. The highest BCUT2D eigenvalue weighted by Gasteiger charge is 2.16. The van der Waals surface area contributed by atoms with Crippen molar-refractivity contribution in [3.05, 3.63) is 69.3 Å². The fraction of sp³-hybridized carbons (Fsp3) is 0.0625. The molecule has 5 heteroatoms. The number of halogens is 3. The topological polar surface area (TPSA) is 17.8 Å². The molecule has 0 saturated heterocycles. The molecule has 0 radical (unpaired) electrons. The predicted molar refractivity (Wildman–Crippen MR) is 88.8 cm³/mol. The van der Waals surface area contributed by atoms with Crippen LogP contribution in [0.1, 0.15) is 5.56 Å². The Morgan fingerprint density at radius 2 is 1.52 bits per heavy atom. The number of hydrogen-bond acceptors (Lipinski definition) is 1. The van der Waals surface area contributed by atoms with Crippen LogP contribution in [0.3, 0.4) is 0 Å². The van der Waals surface area contributed by atoms with E-state index in [1.165, 1.54) is 0 Å². The number of para-hydroxylation sites is 1. The Morgan fingerprint density at radius 1 is 0.905 bits per heavy atom. The Kier molecular flexibility index (Phi) is 3.94. The van der Waals surface area contributed by atoms with E-state index in [-0.39, 0.29) is 0 Å². The maximum Gasteiger partial charge on any atom is 0.102 e. The molecule has 106 valence electrons.